The van der Waals surface area contributed by atoms with Crippen molar-refractivity contribution in [3.8, 4) is 0 Å². The molecule has 0 N–H and O–H groups in total. The van der Waals surface area contributed by atoms with Crippen molar-refractivity contribution in [2.45, 2.75) is 13.0 Å². The number of rotatable bonds is 5. The summed E-state index contributed by atoms with van der Waals surface area (Å²) in [4.78, 5) is 39.9. The van der Waals surface area contributed by atoms with E-state index in [0.29, 0.717) is 24.2 Å². The van der Waals surface area contributed by atoms with Crippen LogP contribution in [-0.4, -0.2) is 47.3 Å². The Bertz CT molecular complexity index is 919. The Balaban J connectivity index is 1.26. The number of fused-ring (bicyclic) bond motifs is 1. The molecule has 0 unspecified atom stereocenters. The number of hydrogen-bond acceptors (Lipinski definition) is 4. The van der Waals surface area contributed by atoms with E-state index in [1.807, 2.05) is 42.5 Å². The molecule has 2 heterocycles. The first-order chi connectivity index (χ1) is 14.1. The van der Waals surface area contributed by atoms with Crippen LogP contribution in [0.4, 0.5) is 4.79 Å². The van der Waals surface area contributed by atoms with Crippen LogP contribution in [0.25, 0.3) is 0 Å². The zero-order valence-corrected chi connectivity index (χ0v) is 16.0. The van der Waals surface area contributed by atoms with Gasteiger partial charge in [-0.15, -0.1) is 0 Å². The van der Waals surface area contributed by atoms with Crippen LogP contribution in [0.2, 0.25) is 0 Å². The second-order valence-corrected chi connectivity index (χ2v) is 7.23. The van der Waals surface area contributed by atoms with Crippen molar-refractivity contribution in [2.24, 2.45) is 5.92 Å². The third-order valence-corrected chi connectivity index (χ3v) is 5.26. The van der Waals surface area contributed by atoms with E-state index in [1.54, 1.807) is 29.2 Å². The summed E-state index contributed by atoms with van der Waals surface area (Å²) in [5.74, 6) is -0.324. The first-order valence-electron chi connectivity index (χ1n) is 9.71. The lowest BCUT2D eigenvalue weighted by Gasteiger charge is -2.16. The number of hydrogen-bond donors (Lipinski definition) is 0. The second-order valence-electron chi connectivity index (χ2n) is 7.23. The number of ether oxygens (including phenoxy) is 1. The van der Waals surface area contributed by atoms with Crippen LogP contribution >= 0.6 is 0 Å². The number of imide groups is 1. The molecule has 1 fully saturated rings. The first kappa shape index (κ1) is 18.9. The highest BCUT2D eigenvalue weighted by molar-refractivity contribution is 6.21. The van der Waals surface area contributed by atoms with Gasteiger partial charge in [0.1, 0.15) is 6.61 Å². The van der Waals surface area contributed by atoms with E-state index in [1.165, 1.54) is 4.90 Å². The molecule has 0 aliphatic carbocycles. The van der Waals surface area contributed by atoms with Gasteiger partial charge in [-0.2, -0.15) is 0 Å². The normalized spacial score (nSPS) is 18.6. The van der Waals surface area contributed by atoms with Crippen LogP contribution in [0.15, 0.2) is 66.7 Å². The Morgan fingerprint density at radius 2 is 1.66 bits per heavy atom. The van der Waals surface area contributed by atoms with E-state index in [2.05, 4.69) is 0 Å². The summed E-state index contributed by atoms with van der Waals surface area (Å²) >= 11 is 0. The summed E-state index contributed by atoms with van der Waals surface area (Å²) in [5, 5.41) is 0. The Kier molecular flexibility index (Phi) is 5.42. The Morgan fingerprint density at radius 3 is 2.34 bits per heavy atom. The van der Waals surface area contributed by atoms with E-state index in [-0.39, 0.29) is 37.0 Å². The fraction of sp³-hybridized carbons (Fsp3) is 0.261. The quantitative estimate of drug-likeness (QED) is 0.579. The van der Waals surface area contributed by atoms with Crippen molar-refractivity contribution in [1.29, 1.82) is 0 Å². The predicted octanol–water partition coefficient (Wildman–Crippen LogP) is 3.50. The summed E-state index contributed by atoms with van der Waals surface area (Å²) in [6.45, 7) is 1.71. The number of benzene rings is 2. The zero-order chi connectivity index (χ0) is 20.2. The molecule has 6 heteroatoms. The maximum atomic E-state index is 12.4. The van der Waals surface area contributed by atoms with Crippen molar-refractivity contribution >= 4 is 17.9 Å². The smallest absolute Gasteiger partial charge is 0.410 e. The molecule has 1 atom stereocenters. The summed E-state index contributed by atoms with van der Waals surface area (Å²) in [5.41, 5.74) is 1.87. The predicted molar refractivity (Wildman–Crippen MR) is 107 cm³/mol. The molecule has 0 spiro atoms. The van der Waals surface area contributed by atoms with E-state index >= 15 is 0 Å². The van der Waals surface area contributed by atoms with E-state index < -0.39 is 0 Å². The molecule has 0 bridgehead atoms. The third-order valence-electron chi connectivity index (χ3n) is 5.26. The largest absolute Gasteiger partial charge is 0.445 e. The number of carbonyl (C=O) groups excluding carboxylic acids is 3. The van der Waals surface area contributed by atoms with Gasteiger partial charge in [0.25, 0.3) is 11.8 Å². The monoisotopic (exact) mass is 390 g/mol. The van der Waals surface area contributed by atoms with Gasteiger partial charge >= 0.3 is 6.09 Å². The molecule has 0 radical (unpaired) electrons. The number of carbonyl (C=O) groups is 3. The molecule has 148 valence electrons. The molecule has 2 aromatic rings. The fourth-order valence-electron chi connectivity index (χ4n) is 3.68. The second kappa shape index (κ2) is 8.31. The van der Waals surface area contributed by atoms with Crippen molar-refractivity contribution < 1.29 is 19.1 Å². The first-order valence-corrected chi connectivity index (χ1v) is 9.71. The Labute approximate surface area is 169 Å². The zero-order valence-electron chi connectivity index (χ0n) is 16.0. The minimum Gasteiger partial charge on any atom is -0.445 e. The minimum absolute atomic E-state index is 0.189. The highest BCUT2D eigenvalue weighted by atomic mass is 16.6. The van der Waals surface area contributed by atoms with Gasteiger partial charge in [0.15, 0.2) is 0 Å². The topological polar surface area (TPSA) is 66.9 Å². The van der Waals surface area contributed by atoms with Crippen LogP contribution in [0, 0.1) is 5.92 Å². The van der Waals surface area contributed by atoms with Gasteiger partial charge in [-0.25, -0.2) is 4.79 Å². The van der Waals surface area contributed by atoms with E-state index in [0.717, 1.165) is 12.0 Å². The van der Waals surface area contributed by atoms with Crippen LogP contribution in [0.5, 0.6) is 0 Å². The average molecular weight is 390 g/mol. The lowest BCUT2D eigenvalue weighted by molar-refractivity contribution is 0.0671. The molecular formula is C23H22N2O4. The van der Waals surface area contributed by atoms with Gasteiger partial charge in [0.05, 0.1) is 11.1 Å². The highest BCUT2D eigenvalue weighted by Gasteiger charge is 2.34. The maximum absolute atomic E-state index is 12.4. The van der Waals surface area contributed by atoms with Crippen molar-refractivity contribution in [3.05, 3.63) is 83.4 Å². The SMILES string of the molecule is O=C(OCc1ccccc1)N1CC[C@@H](/C=C/CN2C(=O)c3ccccc3C2=O)C1. The van der Waals surface area contributed by atoms with Gasteiger partial charge in [0.2, 0.25) is 0 Å². The third kappa shape index (κ3) is 4.06. The highest BCUT2D eigenvalue weighted by Crippen LogP contribution is 2.23. The van der Waals surface area contributed by atoms with Crippen LogP contribution < -0.4 is 0 Å². The summed E-state index contributed by atoms with van der Waals surface area (Å²) in [6.07, 6.45) is 4.34. The number of amides is 3. The average Bonchev–Trinajstić information content (AvgIpc) is 3.32. The fourth-order valence-corrected chi connectivity index (χ4v) is 3.68. The van der Waals surface area contributed by atoms with Gasteiger partial charge < -0.3 is 9.64 Å². The van der Waals surface area contributed by atoms with Gasteiger partial charge in [0, 0.05) is 19.6 Å². The maximum Gasteiger partial charge on any atom is 0.410 e. The van der Waals surface area contributed by atoms with Crippen molar-refractivity contribution in [3.63, 3.8) is 0 Å². The molecule has 3 amide bonds. The van der Waals surface area contributed by atoms with Crippen LogP contribution in [-0.2, 0) is 11.3 Å². The van der Waals surface area contributed by atoms with Crippen LogP contribution in [0.1, 0.15) is 32.7 Å². The molecule has 1 saturated heterocycles. The molecule has 6 nitrogen and oxygen atoms in total. The van der Waals surface area contributed by atoms with Crippen LogP contribution in [0.3, 0.4) is 0 Å². The summed E-state index contributed by atoms with van der Waals surface area (Å²) in [7, 11) is 0. The van der Waals surface area contributed by atoms with Crippen molar-refractivity contribution in [1.82, 2.24) is 9.80 Å². The molecule has 0 aromatic heterocycles. The van der Waals surface area contributed by atoms with Gasteiger partial charge in [-0.3, -0.25) is 14.5 Å². The molecule has 2 aliphatic rings. The minimum atomic E-state index is -0.315. The molecule has 0 saturated carbocycles. The molecule has 2 aromatic carbocycles. The Morgan fingerprint density at radius 1 is 1.00 bits per heavy atom. The standard InChI is InChI=1S/C23H22N2O4/c26-21-19-10-4-5-11-20(19)22(27)25(21)13-6-9-17-12-14-24(15-17)23(28)29-16-18-7-2-1-3-8-18/h1-11,17H,12-16H2/b9-6+/t17-/m1/s1. The van der Waals surface area contributed by atoms with Gasteiger partial charge in [-0.1, -0.05) is 54.6 Å². The molecule has 2 aliphatic heterocycles. The number of nitrogens with zero attached hydrogens (tertiary/aromatic N) is 2. The molecule has 4 rings (SSSR count). The van der Waals surface area contributed by atoms with E-state index in [9.17, 15) is 14.4 Å². The molecule has 29 heavy (non-hydrogen) atoms. The summed E-state index contributed by atoms with van der Waals surface area (Å²) < 4.78 is 5.38. The van der Waals surface area contributed by atoms with E-state index in [4.69, 9.17) is 4.74 Å². The lowest BCUT2D eigenvalue weighted by Crippen LogP contribution is -2.30. The van der Waals surface area contributed by atoms with Crippen molar-refractivity contribution in [2.75, 3.05) is 19.6 Å². The lowest BCUT2D eigenvalue weighted by atomic mass is 10.1. The van der Waals surface area contributed by atoms with Gasteiger partial charge in [-0.05, 0) is 30.0 Å². The number of likely N-dealkylation sites (tertiary alicyclic amines) is 1. The summed E-state index contributed by atoms with van der Waals surface area (Å²) in [6, 6.07) is 16.4. The Hall–Kier alpha value is -3.41. The molecular weight excluding hydrogens is 368 g/mol.